The minimum Gasteiger partial charge on any atom is -0.267 e. The smallest absolute Gasteiger partial charge is 0.267 e. The molecular weight excluding hydrogens is 358 g/mol. The number of halogens is 1. The Morgan fingerprint density at radius 3 is 2.76 bits per heavy atom. The lowest BCUT2D eigenvalue weighted by Gasteiger charge is -2.01. The van der Waals surface area contributed by atoms with E-state index in [0.717, 1.165) is 8.66 Å². The first-order valence-corrected chi connectivity index (χ1v) is 7.43. The molecule has 1 aromatic carbocycles. The summed E-state index contributed by atoms with van der Waals surface area (Å²) in [7, 11) is 0. The van der Waals surface area contributed by atoms with Gasteiger partial charge in [-0.1, -0.05) is 6.07 Å². The van der Waals surface area contributed by atoms with E-state index in [1.165, 1.54) is 35.6 Å². The fourth-order valence-electron chi connectivity index (χ4n) is 1.52. The molecule has 0 spiro atoms. The molecule has 8 heteroatoms. The van der Waals surface area contributed by atoms with Crippen LogP contribution in [0.2, 0.25) is 0 Å². The van der Waals surface area contributed by atoms with Crippen molar-refractivity contribution in [1.82, 2.24) is 5.43 Å². The number of carbonyl (C=O) groups is 1. The molecule has 0 aliphatic heterocycles. The SMILES string of the molecule is C/C(=N\NC(=O)c1cccc([N+](=O)[O-])c1)c1ccc(Br)s1. The van der Waals surface area contributed by atoms with Gasteiger partial charge in [0.25, 0.3) is 11.6 Å². The van der Waals surface area contributed by atoms with Crippen LogP contribution >= 0.6 is 27.3 Å². The summed E-state index contributed by atoms with van der Waals surface area (Å²) in [5.41, 5.74) is 3.10. The van der Waals surface area contributed by atoms with Crippen molar-refractivity contribution in [3.63, 3.8) is 0 Å². The van der Waals surface area contributed by atoms with Gasteiger partial charge in [-0.2, -0.15) is 5.10 Å². The minimum absolute atomic E-state index is 0.134. The van der Waals surface area contributed by atoms with Crippen molar-refractivity contribution >= 4 is 44.6 Å². The highest BCUT2D eigenvalue weighted by molar-refractivity contribution is 9.11. The van der Waals surface area contributed by atoms with Gasteiger partial charge in [-0.25, -0.2) is 5.43 Å². The van der Waals surface area contributed by atoms with E-state index in [-0.39, 0.29) is 11.3 Å². The number of nitro groups is 1. The normalized spacial score (nSPS) is 11.2. The molecule has 0 saturated heterocycles. The largest absolute Gasteiger partial charge is 0.271 e. The molecular formula is C13H10BrN3O3S. The van der Waals surface area contributed by atoms with Gasteiger partial charge >= 0.3 is 0 Å². The van der Waals surface area contributed by atoms with Crippen LogP contribution in [0.1, 0.15) is 22.2 Å². The number of hydrogen-bond acceptors (Lipinski definition) is 5. The van der Waals surface area contributed by atoms with Crippen molar-refractivity contribution in [1.29, 1.82) is 0 Å². The highest BCUT2D eigenvalue weighted by atomic mass is 79.9. The van der Waals surface area contributed by atoms with E-state index < -0.39 is 10.8 Å². The molecule has 0 aliphatic rings. The standard InChI is InChI=1S/C13H10BrN3O3S/c1-8(11-5-6-12(14)21-11)15-16-13(18)9-3-2-4-10(7-9)17(19)20/h2-7H,1H3,(H,16,18)/b15-8+. The summed E-state index contributed by atoms with van der Waals surface area (Å²) in [6.07, 6.45) is 0. The van der Waals surface area contributed by atoms with Crippen molar-refractivity contribution in [3.05, 3.63) is 60.7 Å². The molecule has 0 saturated carbocycles. The van der Waals surface area contributed by atoms with Crippen LogP contribution in [0.15, 0.2) is 45.3 Å². The molecule has 0 atom stereocenters. The molecule has 0 fully saturated rings. The molecule has 1 heterocycles. The number of hydrogen-bond donors (Lipinski definition) is 1. The van der Waals surface area contributed by atoms with Gasteiger partial charge < -0.3 is 0 Å². The molecule has 0 unspecified atom stereocenters. The van der Waals surface area contributed by atoms with E-state index in [9.17, 15) is 14.9 Å². The van der Waals surface area contributed by atoms with E-state index in [1.54, 1.807) is 6.92 Å². The molecule has 108 valence electrons. The zero-order chi connectivity index (χ0) is 15.4. The molecule has 0 aliphatic carbocycles. The first-order valence-electron chi connectivity index (χ1n) is 5.82. The molecule has 2 aromatic rings. The number of amides is 1. The summed E-state index contributed by atoms with van der Waals surface area (Å²) in [6, 6.07) is 9.26. The average Bonchev–Trinajstić information content (AvgIpc) is 2.91. The highest BCUT2D eigenvalue weighted by Crippen LogP contribution is 2.22. The molecule has 21 heavy (non-hydrogen) atoms. The van der Waals surface area contributed by atoms with Crippen LogP contribution in [0.25, 0.3) is 0 Å². The number of nitro benzene ring substituents is 1. The Kier molecular flexibility index (Phi) is 4.81. The summed E-state index contributed by atoms with van der Waals surface area (Å²) >= 11 is 4.85. The van der Waals surface area contributed by atoms with Gasteiger partial charge in [-0.05, 0) is 41.1 Å². The monoisotopic (exact) mass is 367 g/mol. The van der Waals surface area contributed by atoms with E-state index in [4.69, 9.17) is 0 Å². The van der Waals surface area contributed by atoms with E-state index in [0.29, 0.717) is 5.71 Å². The fourth-order valence-corrected chi connectivity index (χ4v) is 2.85. The third kappa shape index (κ3) is 3.96. The lowest BCUT2D eigenvalue weighted by atomic mass is 10.2. The Hall–Kier alpha value is -2.06. The van der Waals surface area contributed by atoms with Gasteiger partial charge in [0.15, 0.2) is 0 Å². The van der Waals surface area contributed by atoms with Gasteiger partial charge in [0.05, 0.1) is 19.3 Å². The number of non-ortho nitro benzene ring substituents is 1. The predicted molar refractivity (Wildman–Crippen MR) is 84.8 cm³/mol. The van der Waals surface area contributed by atoms with Crippen molar-refractivity contribution in [2.24, 2.45) is 5.10 Å². The first-order chi connectivity index (χ1) is 9.97. The zero-order valence-corrected chi connectivity index (χ0v) is 13.3. The van der Waals surface area contributed by atoms with Crippen molar-refractivity contribution in [2.75, 3.05) is 0 Å². The Balaban J connectivity index is 2.11. The number of benzene rings is 1. The Labute approximate surface area is 132 Å². The fraction of sp³-hybridized carbons (Fsp3) is 0.0769. The highest BCUT2D eigenvalue weighted by Gasteiger charge is 2.11. The van der Waals surface area contributed by atoms with Gasteiger partial charge in [-0.15, -0.1) is 11.3 Å². The van der Waals surface area contributed by atoms with Crippen LogP contribution < -0.4 is 5.43 Å². The first kappa shape index (κ1) is 15.3. The third-order valence-electron chi connectivity index (χ3n) is 2.57. The van der Waals surface area contributed by atoms with E-state index >= 15 is 0 Å². The molecule has 1 N–H and O–H groups in total. The molecule has 0 bridgehead atoms. The molecule has 1 amide bonds. The van der Waals surface area contributed by atoms with E-state index in [2.05, 4.69) is 26.5 Å². The predicted octanol–water partition coefficient (Wildman–Crippen LogP) is 3.57. The number of rotatable bonds is 4. The van der Waals surface area contributed by atoms with Crippen LogP contribution in [-0.2, 0) is 0 Å². The molecule has 6 nitrogen and oxygen atoms in total. The quantitative estimate of drug-likeness (QED) is 0.509. The number of carbonyl (C=O) groups excluding carboxylic acids is 1. The summed E-state index contributed by atoms with van der Waals surface area (Å²) in [4.78, 5) is 23.0. The topological polar surface area (TPSA) is 84.6 Å². The maximum atomic E-state index is 11.9. The van der Waals surface area contributed by atoms with Crippen molar-refractivity contribution in [3.8, 4) is 0 Å². The molecule has 2 rings (SSSR count). The summed E-state index contributed by atoms with van der Waals surface area (Å²) in [6.45, 7) is 1.77. The van der Waals surface area contributed by atoms with E-state index in [1.807, 2.05) is 12.1 Å². The number of thiophene rings is 1. The lowest BCUT2D eigenvalue weighted by molar-refractivity contribution is -0.384. The Morgan fingerprint density at radius 2 is 2.14 bits per heavy atom. The number of nitrogens with one attached hydrogen (secondary N) is 1. The number of nitrogens with zero attached hydrogens (tertiary/aromatic N) is 2. The lowest BCUT2D eigenvalue weighted by Crippen LogP contribution is -2.19. The summed E-state index contributed by atoms with van der Waals surface area (Å²) in [5, 5.41) is 14.7. The van der Waals surface area contributed by atoms with Crippen molar-refractivity contribution < 1.29 is 9.72 Å². The minimum atomic E-state index is -0.547. The van der Waals surface area contributed by atoms with Crippen LogP contribution in [0.4, 0.5) is 5.69 Å². The Morgan fingerprint density at radius 1 is 1.38 bits per heavy atom. The molecule has 1 aromatic heterocycles. The second-order valence-electron chi connectivity index (χ2n) is 4.05. The van der Waals surface area contributed by atoms with Crippen LogP contribution in [0.5, 0.6) is 0 Å². The summed E-state index contributed by atoms with van der Waals surface area (Å²) in [5.74, 6) is -0.492. The van der Waals surface area contributed by atoms with Crippen LogP contribution in [-0.4, -0.2) is 16.5 Å². The number of hydrazone groups is 1. The van der Waals surface area contributed by atoms with Crippen LogP contribution in [0, 0.1) is 10.1 Å². The van der Waals surface area contributed by atoms with Gasteiger partial charge in [0.1, 0.15) is 0 Å². The van der Waals surface area contributed by atoms with Crippen LogP contribution in [0.3, 0.4) is 0 Å². The second kappa shape index (κ2) is 6.59. The van der Waals surface area contributed by atoms with Crippen molar-refractivity contribution in [2.45, 2.75) is 6.92 Å². The average molecular weight is 368 g/mol. The molecule has 0 radical (unpaired) electrons. The van der Waals surface area contributed by atoms with Gasteiger partial charge in [0, 0.05) is 17.7 Å². The van der Waals surface area contributed by atoms with Gasteiger partial charge in [-0.3, -0.25) is 14.9 Å². The van der Waals surface area contributed by atoms with Gasteiger partial charge in [0.2, 0.25) is 0 Å². The third-order valence-corrected chi connectivity index (χ3v) is 4.31. The maximum Gasteiger partial charge on any atom is 0.271 e. The summed E-state index contributed by atoms with van der Waals surface area (Å²) < 4.78 is 0.970. The maximum absolute atomic E-state index is 11.9. The zero-order valence-electron chi connectivity index (χ0n) is 10.9. The Bertz CT molecular complexity index is 727. The second-order valence-corrected chi connectivity index (χ2v) is 6.51.